The number of benzene rings is 4. The van der Waals surface area contributed by atoms with Crippen LogP contribution in [-0.2, 0) is 12.8 Å². The zero-order chi connectivity index (χ0) is 32.8. The first kappa shape index (κ1) is 31.8. The number of hydrogen-bond acceptors (Lipinski definition) is 7. The van der Waals surface area contributed by atoms with Crippen molar-refractivity contribution in [3.63, 3.8) is 0 Å². The van der Waals surface area contributed by atoms with Crippen LogP contribution >= 0.6 is 11.3 Å². The number of rotatable bonds is 11. The maximum Gasteiger partial charge on any atom is 0.262 e. The Morgan fingerprint density at radius 1 is 0.894 bits per heavy atom. The van der Waals surface area contributed by atoms with Crippen LogP contribution in [0.2, 0.25) is 0 Å². The average Bonchev–Trinajstić information content (AvgIpc) is 3.52. The van der Waals surface area contributed by atoms with Crippen molar-refractivity contribution in [2.75, 3.05) is 30.4 Å². The van der Waals surface area contributed by atoms with Gasteiger partial charge in [-0.05, 0) is 80.3 Å². The Morgan fingerprint density at radius 2 is 1.62 bits per heavy atom. The van der Waals surface area contributed by atoms with Crippen molar-refractivity contribution in [3.8, 4) is 17.0 Å². The minimum absolute atomic E-state index is 0.221. The molecule has 0 aliphatic carbocycles. The van der Waals surface area contributed by atoms with Crippen LogP contribution in [0.5, 0.6) is 5.75 Å². The topological polar surface area (TPSA) is 80.0 Å². The van der Waals surface area contributed by atoms with Crippen LogP contribution in [0.3, 0.4) is 0 Å². The molecule has 1 N–H and O–H groups in total. The highest BCUT2D eigenvalue weighted by atomic mass is 32.1. The Morgan fingerprint density at radius 3 is 2.30 bits per heavy atom. The quantitative estimate of drug-likeness (QED) is 0.153. The van der Waals surface area contributed by atoms with E-state index < -0.39 is 0 Å². The first-order valence-corrected chi connectivity index (χ1v) is 16.8. The van der Waals surface area contributed by atoms with Gasteiger partial charge in [-0.15, -0.1) is 11.3 Å². The van der Waals surface area contributed by atoms with Crippen LogP contribution in [0.1, 0.15) is 47.1 Å². The number of nitrogens with one attached hydrogen (secondary N) is 1. The van der Waals surface area contributed by atoms with E-state index in [1.807, 2.05) is 48.5 Å². The highest BCUT2D eigenvalue weighted by Crippen LogP contribution is 2.32. The third-order valence-corrected chi connectivity index (χ3v) is 9.24. The van der Waals surface area contributed by atoms with E-state index in [0.29, 0.717) is 22.0 Å². The van der Waals surface area contributed by atoms with E-state index in [4.69, 9.17) is 19.1 Å². The molecule has 0 saturated carbocycles. The maximum atomic E-state index is 13.9. The van der Waals surface area contributed by atoms with Gasteiger partial charge in [-0.2, -0.15) is 0 Å². The van der Waals surface area contributed by atoms with Crippen molar-refractivity contribution in [1.82, 2.24) is 4.98 Å². The largest absolute Gasteiger partial charge is 0.497 e. The molecule has 8 heteroatoms. The number of nitrogens with zero attached hydrogens (tertiary/aromatic N) is 3. The molecule has 0 aliphatic heterocycles. The van der Waals surface area contributed by atoms with E-state index in [0.717, 1.165) is 58.9 Å². The number of aromatic nitrogens is 1. The summed E-state index contributed by atoms with van der Waals surface area (Å²) < 4.78 is 11.7. The van der Waals surface area contributed by atoms with Gasteiger partial charge in [-0.25, -0.2) is 9.98 Å². The molecular weight excluding hydrogens is 605 g/mol. The van der Waals surface area contributed by atoms with Gasteiger partial charge in [-0.3, -0.25) is 10.1 Å². The molecule has 0 aliphatic rings. The second-order valence-electron chi connectivity index (χ2n) is 11.1. The van der Waals surface area contributed by atoms with E-state index in [1.165, 1.54) is 22.5 Å². The minimum atomic E-state index is -0.336. The predicted octanol–water partition coefficient (Wildman–Crippen LogP) is 9.05. The van der Waals surface area contributed by atoms with Gasteiger partial charge in [0, 0.05) is 40.7 Å². The fourth-order valence-corrected chi connectivity index (χ4v) is 6.48. The second-order valence-corrected chi connectivity index (χ2v) is 12.2. The van der Waals surface area contributed by atoms with Crippen LogP contribution in [0.4, 0.5) is 16.5 Å². The maximum absolute atomic E-state index is 13.9. The monoisotopic (exact) mass is 642 g/mol. The first-order chi connectivity index (χ1) is 23.0. The lowest BCUT2D eigenvalue weighted by Crippen LogP contribution is -2.22. The molecule has 0 atom stereocenters. The van der Waals surface area contributed by atoms with E-state index in [1.54, 1.807) is 7.11 Å². The first-order valence-electron chi connectivity index (χ1n) is 15.9. The number of amides is 1. The lowest BCUT2D eigenvalue weighted by molar-refractivity contribution is 0.102. The van der Waals surface area contributed by atoms with Crippen molar-refractivity contribution in [2.45, 2.75) is 33.6 Å². The van der Waals surface area contributed by atoms with Crippen LogP contribution in [0, 0.1) is 0 Å². The van der Waals surface area contributed by atoms with Crippen molar-refractivity contribution in [1.29, 1.82) is 0 Å². The number of ether oxygens (including phenoxy) is 1. The Bertz CT molecular complexity index is 2050. The molecule has 7 nitrogen and oxygen atoms in total. The zero-order valence-corrected chi connectivity index (χ0v) is 27.9. The lowest BCUT2D eigenvalue weighted by atomic mass is 10.0. The number of anilines is 2. The summed E-state index contributed by atoms with van der Waals surface area (Å²) in [5.74, 6) is 0.385. The molecule has 0 radical (unpaired) electrons. The van der Waals surface area contributed by atoms with Crippen molar-refractivity contribution in [3.05, 3.63) is 130 Å². The molecule has 0 spiro atoms. The minimum Gasteiger partial charge on any atom is -0.497 e. The Labute approximate surface area is 279 Å². The molecule has 2 heterocycles. The fourth-order valence-electron chi connectivity index (χ4n) is 5.56. The molecule has 1 amide bonds. The van der Waals surface area contributed by atoms with E-state index in [9.17, 15) is 4.79 Å². The van der Waals surface area contributed by atoms with E-state index >= 15 is 0 Å². The highest BCUT2D eigenvalue weighted by molar-refractivity contribution is 7.16. The highest BCUT2D eigenvalue weighted by Gasteiger charge is 2.18. The van der Waals surface area contributed by atoms with Crippen molar-refractivity contribution in [2.24, 2.45) is 4.99 Å². The molecule has 4 aromatic carbocycles. The Hall–Kier alpha value is -5.21. The summed E-state index contributed by atoms with van der Waals surface area (Å²) in [7, 11) is 1.62. The summed E-state index contributed by atoms with van der Waals surface area (Å²) in [5, 5.41) is 4.38. The number of hydrogen-bond donors (Lipinski definition) is 1. The number of aryl methyl sites for hydroxylation is 1. The summed E-state index contributed by atoms with van der Waals surface area (Å²) >= 11 is 1.49. The normalized spacial score (nSPS) is 11.5. The Balaban J connectivity index is 1.33. The van der Waals surface area contributed by atoms with Crippen molar-refractivity contribution >= 4 is 44.7 Å². The van der Waals surface area contributed by atoms with Crippen molar-refractivity contribution < 1.29 is 13.9 Å². The van der Waals surface area contributed by atoms with E-state index in [2.05, 4.69) is 85.6 Å². The number of carbonyl (C=O) groups is 1. The van der Waals surface area contributed by atoms with Crippen LogP contribution in [0.15, 0.2) is 113 Å². The van der Waals surface area contributed by atoms with Gasteiger partial charge < -0.3 is 14.1 Å². The zero-order valence-electron chi connectivity index (χ0n) is 27.1. The van der Waals surface area contributed by atoms with Gasteiger partial charge in [0.1, 0.15) is 16.9 Å². The molecule has 0 bridgehead atoms. The van der Waals surface area contributed by atoms with Gasteiger partial charge in [0.25, 0.3) is 5.91 Å². The molecule has 6 rings (SSSR count). The molecular formula is C39H38N4O3S. The standard InChI is InChI=1S/C39H38N4O3S/c1-5-35-36(28-15-13-27(14-16-28)23-26-11-9-8-10-12-26)41-39(47-35)42-37(44)33-24-29-17-20-31(43(6-2)7-3)25-34(29)46-38(33)40-30-18-21-32(45-4)22-19-30/h8-22,24-25H,5-7,23H2,1-4H3,(H,41,42,44). The van der Waals surface area contributed by atoms with Gasteiger partial charge in [0.2, 0.25) is 5.55 Å². The number of methoxy groups -OCH3 is 1. The van der Waals surface area contributed by atoms with Gasteiger partial charge in [0.15, 0.2) is 5.13 Å². The summed E-state index contributed by atoms with van der Waals surface area (Å²) in [4.78, 5) is 26.9. The Kier molecular flexibility index (Phi) is 9.78. The van der Waals surface area contributed by atoms with Gasteiger partial charge >= 0.3 is 0 Å². The molecule has 2 aromatic heterocycles. The molecule has 0 unspecified atom stereocenters. The summed E-state index contributed by atoms with van der Waals surface area (Å²) in [6.07, 6.45) is 1.67. The number of fused-ring (bicyclic) bond motifs is 1. The third-order valence-electron chi connectivity index (χ3n) is 8.13. The average molecular weight is 643 g/mol. The van der Waals surface area contributed by atoms with Crippen LogP contribution in [-0.4, -0.2) is 31.1 Å². The fraction of sp³-hybridized carbons (Fsp3) is 0.205. The molecule has 238 valence electrons. The van der Waals surface area contributed by atoms with Gasteiger partial charge in [0.05, 0.1) is 18.5 Å². The summed E-state index contributed by atoms with van der Waals surface area (Å²) in [6, 6.07) is 34.2. The SMILES string of the molecule is CCc1sc(NC(=O)c2cc3ccc(N(CC)CC)cc3oc2=Nc2ccc(OC)cc2)nc1-c1ccc(Cc2ccccc2)cc1. The molecule has 47 heavy (non-hydrogen) atoms. The number of thiazole rings is 1. The lowest BCUT2D eigenvalue weighted by Gasteiger charge is -2.21. The smallest absolute Gasteiger partial charge is 0.262 e. The number of carbonyl (C=O) groups excluding carboxylic acids is 1. The van der Waals surface area contributed by atoms with Crippen LogP contribution in [0.25, 0.3) is 22.2 Å². The second kappa shape index (κ2) is 14.5. The molecule has 0 saturated heterocycles. The predicted molar refractivity (Wildman–Crippen MR) is 192 cm³/mol. The summed E-state index contributed by atoms with van der Waals surface area (Å²) in [6.45, 7) is 8.10. The van der Waals surface area contributed by atoms with Gasteiger partial charge in [-0.1, -0.05) is 61.5 Å². The molecule has 0 fully saturated rings. The summed E-state index contributed by atoms with van der Waals surface area (Å²) in [5.41, 5.74) is 7.30. The van der Waals surface area contributed by atoms with E-state index in [-0.39, 0.29) is 11.5 Å². The molecule has 6 aromatic rings. The van der Waals surface area contributed by atoms with Crippen LogP contribution < -0.4 is 20.5 Å². The third kappa shape index (κ3) is 7.28.